The normalized spacial score (nSPS) is 11.1. The highest BCUT2D eigenvalue weighted by atomic mass is 79.9. The first kappa shape index (κ1) is 22.4. The summed E-state index contributed by atoms with van der Waals surface area (Å²) in [6, 6.07) is 9.65. The minimum absolute atomic E-state index is 0.160. The van der Waals surface area contributed by atoms with Gasteiger partial charge in [0.1, 0.15) is 0 Å². The zero-order valence-electron chi connectivity index (χ0n) is 15.3. The van der Waals surface area contributed by atoms with Crippen LogP contribution in [-0.2, 0) is 24.2 Å². The number of hydrogen-bond acceptors (Lipinski definition) is 5. The van der Waals surface area contributed by atoms with Crippen molar-refractivity contribution in [2.75, 3.05) is 17.7 Å². The number of carbonyl (C=O) groups is 2. The number of carbonyl (C=O) groups excluding carboxylic acids is 2. The number of aryl methyl sites for hydroxylation is 2. The second-order valence-corrected chi connectivity index (χ2v) is 9.52. The lowest BCUT2D eigenvalue weighted by molar-refractivity contribution is -0.146. The van der Waals surface area contributed by atoms with Crippen molar-refractivity contribution in [2.45, 2.75) is 25.2 Å². The highest BCUT2D eigenvalue weighted by molar-refractivity contribution is 9.10. The predicted molar refractivity (Wildman–Crippen MR) is 111 cm³/mol. The summed E-state index contributed by atoms with van der Waals surface area (Å²) in [5, 5.41) is 2.96. The summed E-state index contributed by atoms with van der Waals surface area (Å²) in [7, 11) is -3.61. The minimum atomic E-state index is -3.61. The van der Waals surface area contributed by atoms with Crippen molar-refractivity contribution < 1.29 is 22.7 Å². The second kappa shape index (κ2) is 9.54. The van der Waals surface area contributed by atoms with Crippen LogP contribution in [0.3, 0.4) is 0 Å². The highest BCUT2D eigenvalue weighted by Gasteiger charge is 2.18. The molecule has 0 bridgehead atoms. The topological polar surface area (TPSA) is 89.5 Å². The predicted octanol–water partition coefficient (Wildman–Crippen LogP) is 4.07. The second-order valence-electron chi connectivity index (χ2n) is 6.15. The summed E-state index contributed by atoms with van der Waals surface area (Å²) in [5.74, 6) is -1.71. The molecule has 2 rings (SSSR count). The summed E-state index contributed by atoms with van der Waals surface area (Å²) in [6.07, 6.45) is -0.341. The van der Waals surface area contributed by atoms with Crippen LogP contribution < -0.4 is 5.32 Å². The van der Waals surface area contributed by atoms with E-state index in [0.717, 1.165) is 11.1 Å². The number of amides is 1. The van der Waals surface area contributed by atoms with Crippen LogP contribution in [0.2, 0.25) is 5.02 Å². The molecule has 6 nitrogen and oxygen atoms in total. The Kier molecular flexibility index (Phi) is 7.63. The van der Waals surface area contributed by atoms with E-state index in [1.807, 2.05) is 13.8 Å². The lowest BCUT2D eigenvalue weighted by Gasteiger charge is -2.09. The number of esters is 1. The van der Waals surface area contributed by atoms with Gasteiger partial charge in [-0.25, -0.2) is 8.42 Å². The number of rotatable bonds is 7. The van der Waals surface area contributed by atoms with E-state index in [0.29, 0.717) is 15.2 Å². The van der Waals surface area contributed by atoms with Crippen LogP contribution in [0.4, 0.5) is 5.69 Å². The van der Waals surface area contributed by atoms with Crippen molar-refractivity contribution >= 4 is 54.9 Å². The lowest BCUT2D eigenvalue weighted by atomic mass is 10.1. The fourth-order valence-electron chi connectivity index (χ4n) is 2.23. The number of halogens is 2. The van der Waals surface area contributed by atoms with Gasteiger partial charge in [-0.15, -0.1) is 0 Å². The molecular formula is C19H19BrClNO5S. The Morgan fingerprint density at radius 3 is 2.46 bits per heavy atom. The fourth-order valence-corrected chi connectivity index (χ4v) is 3.96. The first-order valence-corrected chi connectivity index (χ1v) is 11.1. The summed E-state index contributed by atoms with van der Waals surface area (Å²) >= 11 is 9.18. The molecule has 2 aromatic carbocycles. The van der Waals surface area contributed by atoms with E-state index in [-0.39, 0.29) is 11.3 Å². The molecule has 0 fully saturated rings. The summed E-state index contributed by atoms with van der Waals surface area (Å²) in [6.45, 7) is 3.19. The summed E-state index contributed by atoms with van der Waals surface area (Å²) in [4.78, 5) is 23.8. The molecule has 150 valence electrons. The first-order chi connectivity index (χ1) is 13.1. The molecule has 0 saturated heterocycles. The Morgan fingerprint density at radius 1 is 1.11 bits per heavy atom. The Morgan fingerprint density at radius 2 is 1.82 bits per heavy atom. The van der Waals surface area contributed by atoms with Gasteiger partial charge in [-0.1, -0.05) is 17.7 Å². The van der Waals surface area contributed by atoms with Crippen LogP contribution in [0, 0.1) is 13.8 Å². The number of ether oxygens (including phenoxy) is 1. The Balaban J connectivity index is 1.83. The largest absolute Gasteiger partial charge is 0.456 e. The van der Waals surface area contributed by atoms with Gasteiger partial charge < -0.3 is 10.1 Å². The number of hydrogen-bond donors (Lipinski definition) is 1. The van der Waals surface area contributed by atoms with Gasteiger partial charge >= 0.3 is 5.97 Å². The Labute approximate surface area is 177 Å². The third kappa shape index (κ3) is 6.32. The van der Waals surface area contributed by atoms with Crippen molar-refractivity contribution in [1.29, 1.82) is 0 Å². The molecule has 0 aliphatic carbocycles. The van der Waals surface area contributed by atoms with E-state index in [9.17, 15) is 18.0 Å². The lowest BCUT2D eigenvalue weighted by Crippen LogP contribution is -2.22. The maximum Gasteiger partial charge on any atom is 0.307 e. The smallest absolute Gasteiger partial charge is 0.307 e. The van der Waals surface area contributed by atoms with Gasteiger partial charge in [0.25, 0.3) is 5.91 Å². The zero-order valence-corrected chi connectivity index (χ0v) is 18.4. The molecule has 0 spiro atoms. The first-order valence-electron chi connectivity index (χ1n) is 8.29. The molecule has 28 heavy (non-hydrogen) atoms. The molecule has 1 amide bonds. The maximum atomic E-state index is 12.3. The van der Waals surface area contributed by atoms with Crippen molar-refractivity contribution in [3.05, 3.63) is 57.0 Å². The molecule has 2 aromatic rings. The van der Waals surface area contributed by atoms with Gasteiger partial charge in [0.2, 0.25) is 0 Å². The van der Waals surface area contributed by atoms with E-state index >= 15 is 0 Å². The molecule has 0 unspecified atom stereocenters. The quantitative estimate of drug-likeness (QED) is 0.594. The maximum absolute atomic E-state index is 12.3. The third-order valence-electron chi connectivity index (χ3n) is 3.98. The molecule has 0 atom stereocenters. The Hall–Kier alpha value is -1.90. The van der Waals surface area contributed by atoms with Crippen LogP contribution >= 0.6 is 27.5 Å². The molecule has 0 saturated carbocycles. The van der Waals surface area contributed by atoms with Crippen molar-refractivity contribution in [3.63, 3.8) is 0 Å². The number of benzene rings is 2. The van der Waals surface area contributed by atoms with Crippen molar-refractivity contribution in [2.24, 2.45) is 0 Å². The number of nitrogens with one attached hydrogen (secondary N) is 1. The third-order valence-corrected chi connectivity index (χ3v) is 6.93. The van der Waals surface area contributed by atoms with Crippen LogP contribution in [0.1, 0.15) is 17.5 Å². The van der Waals surface area contributed by atoms with Gasteiger partial charge in [-0.2, -0.15) is 0 Å². The monoisotopic (exact) mass is 487 g/mol. The fraction of sp³-hybridized carbons (Fsp3) is 0.263. The van der Waals surface area contributed by atoms with Crippen LogP contribution in [0.25, 0.3) is 0 Å². The van der Waals surface area contributed by atoms with Crippen LogP contribution in [0.15, 0.2) is 45.8 Å². The summed E-state index contributed by atoms with van der Waals surface area (Å²) < 4.78 is 30.2. The minimum Gasteiger partial charge on any atom is -0.456 e. The van der Waals surface area contributed by atoms with E-state index < -0.39 is 34.1 Å². The van der Waals surface area contributed by atoms with E-state index in [4.69, 9.17) is 16.3 Å². The molecule has 1 N–H and O–H groups in total. The molecule has 0 aliphatic heterocycles. The van der Waals surface area contributed by atoms with Gasteiger partial charge in [-0.05, 0) is 71.2 Å². The standard InChI is InChI=1S/C19H19BrClNO5S/c1-12-3-5-15(9-13(12)2)28(25,26)8-7-19(24)27-11-18(23)22-14-4-6-16(20)17(21)10-14/h3-6,9-10H,7-8,11H2,1-2H3,(H,22,23). The number of sulfone groups is 1. The van der Waals surface area contributed by atoms with Crippen LogP contribution in [0.5, 0.6) is 0 Å². The molecule has 0 heterocycles. The van der Waals surface area contributed by atoms with Gasteiger partial charge in [-0.3, -0.25) is 9.59 Å². The average Bonchev–Trinajstić information content (AvgIpc) is 2.63. The SMILES string of the molecule is Cc1ccc(S(=O)(=O)CCC(=O)OCC(=O)Nc2ccc(Br)c(Cl)c2)cc1C. The van der Waals surface area contributed by atoms with Crippen molar-refractivity contribution in [3.8, 4) is 0 Å². The molecule has 0 radical (unpaired) electrons. The van der Waals surface area contributed by atoms with E-state index in [1.165, 1.54) is 6.07 Å². The molecule has 0 aromatic heterocycles. The highest BCUT2D eigenvalue weighted by Crippen LogP contribution is 2.25. The van der Waals surface area contributed by atoms with E-state index in [2.05, 4.69) is 21.2 Å². The summed E-state index contributed by atoms with van der Waals surface area (Å²) in [5.41, 5.74) is 2.29. The van der Waals surface area contributed by atoms with Crippen molar-refractivity contribution in [1.82, 2.24) is 0 Å². The molecular weight excluding hydrogens is 470 g/mol. The zero-order chi connectivity index (χ0) is 20.9. The van der Waals surface area contributed by atoms with Crippen LogP contribution in [-0.4, -0.2) is 32.7 Å². The van der Waals surface area contributed by atoms with Gasteiger partial charge in [0.15, 0.2) is 16.4 Å². The van der Waals surface area contributed by atoms with Gasteiger partial charge in [0.05, 0.1) is 22.1 Å². The molecule has 0 aliphatic rings. The molecule has 9 heteroatoms. The number of anilines is 1. The Bertz CT molecular complexity index is 1010. The average molecular weight is 489 g/mol. The van der Waals surface area contributed by atoms with Gasteiger partial charge in [0, 0.05) is 10.2 Å². The van der Waals surface area contributed by atoms with E-state index in [1.54, 1.807) is 30.3 Å².